The van der Waals surface area contributed by atoms with Gasteiger partial charge in [0.05, 0.1) is 13.3 Å². The molecule has 0 aromatic carbocycles. The van der Waals surface area contributed by atoms with E-state index in [9.17, 15) is 13.6 Å². The fourth-order valence-electron chi connectivity index (χ4n) is 2.29. The highest BCUT2D eigenvalue weighted by molar-refractivity contribution is 5.87. The van der Waals surface area contributed by atoms with Crippen molar-refractivity contribution in [1.29, 1.82) is 0 Å². The Hall–Kier alpha value is -0.990. The Bertz CT molecular complexity index is 307. The van der Waals surface area contributed by atoms with E-state index >= 15 is 0 Å². The van der Waals surface area contributed by atoms with Gasteiger partial charge in [-0.15, -0.1) is 0 Å². The lowest BCUT2D eigenvalue weighted by atomic mass is 9.79. The summed E-state index contributed by atoms with van der Waals surface area (Å²) in [6.07, 6.45) is 8.13. The molecular formula is C14H20F2O. The second-order valence-electron chi connectivity index (χ2n) is 4.60. The third-order valence-electron chi connectivity index (χ3n) is 3.23. The number of carbonyl (C=O) groups is 1. The minimum Gasteiger partial charge on any atom is -0.295 e. The predicted octanol–water partition coefficient (Wildman–Crippen LogP) is 3.80. The van der Waals surface area contributed by atoms with Gasteiger partial charge in [-0.3, -0.25) is 13.6 Å². The second kappa shape index (κ2) is 7.36. The smallest absolute Gasteiger partial charge is 0.152 e. The minimum atomic E-state index is -0.344. The molecule has 3 heteroatoms. The van der Waals surface area contributed by atoms with Gasteiger partial charge in [0.2, 0.25) is 0 Å². The molecule has 0 aromatic heterocycles. The van der Waals surface area contributed by atoms with Crippen molar-refractivity contribution in [2.24, 2.45) is 11.8 Å². The standard InChI is InChI=1S/C14H20F2O/c1-11(17)2-4-14-10-12(6-8-15)3-5-13(14)7-9-16/h2,4,10,12-13H,3,5-9H2,1H3. The summed E-state index contributed by atoms with van der Waals surface area (Å²) in [6, 6.07) is 0. The van der Waals surface area contributed by atoms with Crippen LogP contribution in [0.4, 0.5) is 8.78 Å². The van der Waals surface area contributed by atoms with Crippen LogP contribution < -0.4 is 0 Å². The molecule has 0 aromatic rings. The number of halogens is 2. The molecule has 0 N–H and O–H groups in total. The number of ketones is 1. The Morgan fingerprint density at radius 3 is 2.65 bits per heavy atom. The molecule has 0 heterocycles. The van der Waals surface area contributed by atoms with Crippen molar-refractivity contribution in [3.63, 3.8) is 0 Å². The van der Waals surface area contributed by atoms with Crippen molar-refractivity contribution in [1.82, 2.24) is 0 Å². The van der Waals surface area contributed by atoms with Crippen molar-refractivity contribution in [3.05, 3.63) is 23.8 Å². The summed E-state index contributed by atoms with van der Waals surface area (Å²) in [7, 11) is 0. The normalized spacial score (nSPS) is 25.0. The summed E-state index contributed by atoms with van der Waals surface area (Å²) < 4.78 is 24.7. The first-order chi connectivity index (χ1) is 8.17. The fourth-order valence-corrected chi connectivity index (χ4v) is 2.29. The molecule has 0 bridgehead atoms. The van der Waals surface area contributed by atoms with E-state index in [1.54, 1.807) is 6.08 Å². The Morgan fingerprint density at radius 2 is 2.06 bits per heavy atom. The molecule has 0 radical (unpaired) electrons. The molecule has 0 aliphatic heterocycles. The van der Waals surface area contributed by atoms with Crippen LogP contribution in [0.3, 0.4) is 0 Å². The zero-order valence-corrected chi connectivity index (χ0v) is 10.3. The van der Waals surface area contributed by atoms with Gasteiger partial charge in [-0.1, -0.05) is 12.2 Å². The molecular weight excluding hydrogens is 222 g/mol. The molecule has 1 nitrogen and oxygen atoms in total. The van der Waals surface area contributed by atoms with E-state index in [1.165, 1.54) is 13.0 Å². The van der Waals surface area contributed by atoms with Crippen molar-refractivity contribution < 1.29 is 13.6 Å². The van der Waals surface area contributed by atoms with Crippen LogP contribution in [0.1, 0.15) is 32.6 Å². The highest BCUT2D eigenvalue weighted by Gasteiger charge is 2.21. The minimum absolute atomic E-state index is 0.0162. The highest BCUT2D eigenvalue weighted by atomic mass is 19.1. The van der Waals surface area contributed by atoms with Crippen LogP contribution in [-0.2, 0) is 4.79 Å². The van der Waals surface area contributed by atoms with Crippen molar-refractivity contribution in [2.75, 3.05) is 13.3 Å². The lowest BCUT2D eigenvalue weighted by molar-refractivity contribution is -0.112. The number of alkyl halides is 2. The fraction of sp³-hybridized carbons (Fsp3) is 0.643. The first-order valence-electron chi connectivity index (χ1n) is 6.19. The zero-order valence-electron chi connectivity index (χ0n) is 10.3. The summed E-state index contributed by atoms with van der Waals surface area (Å²) in [6.45, 7) is 0.825. The maximum atomic E-state index is 12.4. The average Bonchev–Trinajstić information content (AvgIpc) is 2.29. The summed E-state index contributed by atoms with van der Waals surface area (Å²) in [5, 5.41) is 0. The lowest BCUT2D eigenvalue weighted by Crippen LogP contribution is -2.15. The van der Waals surface area contributed by atoms with E-state index in [2.05, 4.69) is 0 Å². The first kappa shape index (κ1) is 14.1. The molecule has 0 fully saturated rings. The molecule has 2 unspecified atom stereocenters. The van der Waals surface area contributed by atoms with E-state index in [-0.39, 0.29) is 31.0 Å². The summed E-state index contributed by atoms with van der Waals surface area (Å²) in [5.41, 5.74) is 1.00. The lowest BCUT2D eigenvalue weighted by Gasteiger charge is -2.26. The van der Waals surface area contributed by atoms with Gasteiger partial charge in [-0.25, -0.2) is 0 Å². The highest BCUT2D eigenvalue weighted by Crippen LogP contribution is 2.33. The van der Waals surface area contributed by atoms with Crippen LogP contribution in [-0.4, -0.2) is 19.1 Å². The Balaban J connectivity index is 2.75. The third kappa shape index (κ3) is 4.80. The Morgan fingerprint density at radius 1 is 1.35 bits per heavy atom. The Kier molecular flexibility index (Phi) is 6.09. The first-order valence-corrected chi connectivity index (χ1v) is 6.19. The van der Waals surface area contributed by atoms with E-state index in [0.717, 1.165) is 18.4 Å². The molecule has 0 saturated carbocycles. The number of hydrogen-bond acceptors (Lipinski definition) is 1. The maximum Gasteiger partial charge on any atom is 0.152 e. The van der Waals surface area contributed by atoms with Crippen LogP contribution in [0.25, 0.3) is 0 Å². The topological polar surface area (TPSA) is 17.1 Å². The van der Waals surface area contributed by atoms with Crippen LogP contribution in [0.2, 0.25) is 0 Å². The summed E-state index contributed by atoms with van der Waals surface area (Å²) in [4.78, 5) is 10.9. The van der Waals surface area contributed by atoms with Gasteiger partial charge in [-0.05, 0) is 56.1 Å². The van der Waals surface area contributed by atoms with Gasteiger partial charge in [0.25, 0.3) is 0 Å². The molecule has 0 amide bonds. The predicted molar refractivity (Wildman–Crippen MR) is 65.3 cm³/mol. The monoisotopic (exact) mass is 242 g/mol. The zero-order chi connectivity index (χ0) is 12.7. The van der Waals surface area contributed by atoms with Gasteiger partial charge in [-0.2, -0.15) is 0 Å². The van der Waals surface area contributed by atoms with Crippen molar-refractivity contribution >= 4 is 5.78 Å². The van der Waals surface area contributed by atoms with Crippen molar-refractivity contribution in [3.8, 4) is 0 Å². The summed E-state index contributed by atoms with van der Waals surface area (Å²) >= 11 is 0. The number of carbonyl (C=O) groups excluding carboxylic acids is 1. The van der Waals surface area contributed by atoms with Crippen LogP contribution in [0, 0.1) is 11.8 Å². The van der Waals surface area contributed by atoms with Gasteiger partial charge in [0.15, 0.2) is 5.78 Å². The molecule has 2 atom stereocenters. The van der Waals surface area contributed by atoms with Crippen LogP contribution >= 0.6 is 0 Å². The number of rotatable bonds is 6. The molecule has 17 heavy (non-hydrogen) atoms. The van der Waals surface area contributed by atoms with E-state index < -0.39 is 0 Å². The molecule has 0 spiro atoms. The van der Waals surface area contributed by atoms with Gasteiger partial charge < -0.3 is 0 Å². The molecule has 96 valence electrons. The second-order valence-corrected chi connectivity index (χ2v) is 4.60. The molecule has 1 aliphatic rings. The summed E-state index contributed by atoms with van der Waals surface area (Å²) in [5.74, 6) is 0.409. The van der Waals surface area contributed by atoms with Gasteiger partial charge >= 0.3 is 0 Å². The van der Waals surface area contributed by atoms with E-state index in [1.807, 2.05) is 6.08 Å². The largest absolute Gasteiger partial charge is 0.295 e. The van der Waals surface area contributed by atoms with E-state index in [4.69, 9.17) is 0 Å². The van der Waals surface area contributed by atoms with Crippen molar-refractivity contribution in [2.45, 2.75) is 32.6 Å². The molecule has 1 aliphatic carbocycles. The van der Waals surface area contributed by atoms with Gasteiger partial charge in [0, 0.05) is 0 Å². The maximum absolute atomic E-state index is 12.4. The Labute approximate surface area is 102 Å². The SMILES string of the molecule is CC(=O)C=CC1=CC(CCF)CCC1CCF. The quantitative estimate of drug-likeness (QED) is 0.647. The van der Waals surface area contributed by atoms with Crippen LogP contribution in [0.5, 0.6) is 0 Å². The van der Waals surface area contributed by atoms with E-state index in [0.29, 0.717) is 12.8 Å². The number of hydrogen-bond donors (Lipinski definition) is 0. The number of allylic oxidation sites excluding steroid dienone is 4. The van der Waals surface area contributed by atoms with Crippen LogP contribution in [0.15, 0.2) is 23.8 Å². The third-order valence-corrected chi connectivity index (χ3v) is 3.23. The molecule has 0 saturated heterocycles. The average molecular weight is 242 g/mol. The molecule has 1 rings (SSSR count). The van der Waals surface area contributed by atoms with Gasteiger partial charge in [0.1, 0.15) is 0 Å².